The zero-order chi connectivity index (χ0) is 18.2. The molecular weight excluding hydrogens is 371 g/mol. The molecule has 2 rings (SSSR count). The highest BCUT2D eigenvalue weighted by Crippen LogP contribution is 2.38. The number of aliphatic carboxylic acids is 1. The van der Waals surface area contributed by atoms with Crippen molar-refractivity contribution in [2.45, 2.75) is 25.5 Å². The number of hydrogen-bond acceptors (Lipinski definition) is 5. The van der Waals surface area contributed by atoms with Crippen LogP contribution < -0.4 is 15.3 Å². The highest BCUT2D eigenvalue weighted by Gasteiger charge is 2.44. The molecule has 0 aliphatic carbocycles. The summed E-state index contributed by atoms with van der Waals surface area (Å²) in [4.78, 5) is 23.0. The molecule has 1 amide bonds. The Morgan fingerprint density at radius 3 is 2.50 bits per heavy atom. The number of hydrogen-bond donors (Lipinski definition) is 2. The summed E-state index contributed by atoms with van der Waals surface area (Å²) in [5.41, 5.74) is 2.46. The van der Waals surface area contributed by atoms with Crippen molar-refractivity contribution in [3.63, 3.8) is 0 Å². The second-order valence-electron chi connectivity index (χ2n) is 5.00. The first-order chi connectivity index (χ1) is 11.1. The number of alkyl halides is 2. The minimum atomic E-state index is -2.91. The Labute approximate surface area is 145 Å². The topological polar surface area (TPSA) is 82.1 Å². The quantitative estimate of drug-likeness (QED) is 0.810. The summed E-state index contributed by atoms with van der Waals surface area (Å²) in [6.45, 7) is 1.28. The number of likely N-dealkylation sites (N-methyl/N-ethyl adjacent to an activating group) is 1. The van der Waals surface area contributed by atoms with Gasteiger partial charge in [-0.15, -0.1) is 0 Å². The van der Waals surface area contributed by atoms with Crippen LogP contribution >= 0.6 is 23.2 Å². The molecule has 1 aliphatic rings. The highest BCUT2D eigenvalue weighted by molar-refractivity contribution is 6.37. The summed E-state index contributed by atoms with van der Waals surface area (Å²) in [6, 6.07) is 0.753. The van der Waals surface area contributed by atoms with Crippen molar-refractivity contribution in [2.75, 3.05) is 12.1 Å². The van der Waals surface area contributed by atoms with E-state index in [-0.39, 0.29) is 21.5 Å². The van der Waals surface area contributed by atoms with Crippen LogP contribution in [-0.4, -0.2) is 47.6 Å². The van der Waals surface area contributed by atoms with Crippen molar-refractivity contribution >= 4 is 40.8 Å². The maximum absolute atomic E-state index is 13.0. The van der Waals surface area contributed by atoms with E-state index in [9.17, 15) is 18.4 Å². The van der Waals surface area contributed by atoms with Gasteiger partial charge in [-0.3, -0.25) is 4.79 Å². The van der Waals surface area contributed by atoms with E-state index >= 15 is 0 Å². The van der Waals surface area contributed by atoms with E-state index in [2.05, 4.69) is 5.53 Å². The van der Waals surface area contributed by atoms with E-state index in [1.165, 1.54) is 26.1 Å². The smallest absolute Gasteiger partial charge is 0.344 e. The number of ether oxygens (including phenoxy) is 1. The third-order valence-electron chi connectivity index (χ3n) is 3.28. The molecule has 1 saturated heterocycles. The lowest BCUT2D eigenvalue weighted by atomic mass is 10.2. The van der Waals surface area contributed by atoms with Gasteiger partial charge in [0.2, 0.25) is 0 Å². The molecule has 2 unspecified atom stereocenters. The van der Waals surface area contributed by atoms with E-state index < -0.39 is 30.4 Å². The Hall–Kier alpha value is -1.68. The second kappa shape index (κ2) is 7.06. The number of carbonyl (C=O) groups excluding carboxylic acids is 1. The number of rotatable bonds is 5. The predicted octanol–water partition coefficient (Wildman–Crippen LogP) is 2.18. The van der Waals surface area contributed by atoms with Crippen LogP contribution in [0, 0.1) is 0 Å². The van der Waals surface area contributed by atoms with E-state index in [0.29, 0.717) is 0 Å². The lowest BCUT2D eigenvalue weighted by Crippen LogP contribution is -2.40. The Morgan fingerprint density at radius 2 is 2.00 bits per heavy atom. The van der Waals surface area contributed by atoms with Crippen molar-refractivity contribution in [1.82, 2.24) is 10.5 Å². The summed E-state index contributed by atoms with van der Waals surface area (Å²) in [5.74, 6) is -2.20. The number of carboxylic acid groups (broad SMARTS) is 1. The number of amides is 1. The van der Waals surface area contributed by atoms with Gasteiger partial charge >= 0.3 is 5.97 Å². The Bertz CT molecular complexity index is 677. The molecule has 132 valence electrons. The number of nitrogens with zero attached hydrogens (tertiary/aromatic N) is 2. The normalized spacial score (nSPS) is 19.9. The number of nitrogens with one attached hydrogen (secondary N) is 1. The number of halogens is 4. The molecular formula is C13H13Cl2F2N3O4. The second-order valence-corrected chi connectivity index (χ2v) is 5.81. The van der Waals surface area contributed by atoms with E-state index in [0.717, 1.165) is 10.0 Å². The SMILES string of the molecule is CC(Oc1cc(N2NN(C)C(C(F)F)C2=O)c(Cl)cc1Cl)C(=O)O. The predicted molar refractivity (Wildman–Crippen MR) is 82.4 cm³/mol. The molecule has 0 bridgehead atoms. The van der Waals surface area contributed by atoms with Gasteiger partial charge in [0.15, 0.2) is 12.1 Å². The molecule has 24 heavy (non-hydrogen) atoms. The largest absolute Gasteiger partial charge is 0.479 e. The number of carbonyl (C=O) groups is 2. The fourth-order valence-electron chi connectivity index (χ4n) is 2.04. The Balaban J connectivity index is 2.37. The maximum atomic E-state index is 13.0. The first-order valence-electron chi connectivity index (χ1n) is 6.63. The summed E-state index contributed by atoms with van der Waals surface area (Å²) in [6.07, 6.45) is -4.12. The molecule has 1 aliphatic heterocycles. The summed E-state index contributed by atoms with van der Waals surface area (Å²) in [7, 11) is 1.28. The third kappa shape index (κ3) is 3.54. The van der Waals surface area contributed by atoms with Crippen LogP contribution in [0.5, 0.6) is 5.75 Å². The van der Waals surface area contributed by atoms with E-state index in [1.807, 2.05) is 0 Å². The minimum Gasteiger partial charge on any atom is -0.479 e. The number of anilines is 1. The van der Waals surface area contributed by atoms with Crippen molar-refractivity contribution in [3.05, 3.63) is 22.2 Å². The molecule has 1 heterocycles. The van der Waals surface area contributed by atoms with Crippen LogP contribution in [0.1, 0.15) is 6.92 Å². The Kier molecular flexibility index (Phi) is 5.49. The molecule has 1 aromatic carbocycles. The molecule has 0 saturated carbocycles. The standard InChI is InChI=1S/C13H13Cl2F2N3O4/c1-5(13(22)23)24-9-4-8(6(14)3-7(9)15)20-12(21)10(11(16)17)19(2)18-20/h3-5,10-11,18H,1-2H3,(H,22,23). The fourth-order valence-corrected chi connectivity index (χ4v) is 2.55. The molecule has 7 nitrogen and oxygen atoms in total. The van der Waals surface area contributed by atoms with Gasteiger partial charge < -0.3 is 9.84 Å². The van der Waals surface area contributed by atoms with Gasteiger partial charge in [0, 0.05) is 13.1 Å². The fraction of sp³-hybridized carbons (Fsp3) is 0.385. The zero-order valence-corrected chi connectivity index (χ0v) is 14.0. The lowest BCUT2D eigenvalue weighted by molar-refractivity contribution is -0.144. The third-order valence-corrected chi connectivity index (χ3v) is 3.88. The van der Waals surface area contributed by atoms with Gasteiger partial charge in [-0.25, -0.2) is 23.6 Å². The minimum absolute atomic E-state index is 0.000468. The number of hydrazine groups is 2. The molecule has 11 heteroatoms. The van der Waals surface area contributed by atoms with Crippen LogP contribution in [-0.2, 0) is 9.59 Å². The lowest BCUT2D eigenvalue weighted by Gasteiger charge is -2.20. The molecule has 0 aromatic heterocycles. The Morgan fingerprint density at radius 1 is 1.38 bits per heavy atom. The first-order valence-corrected chi connectivity index (χ1v) is 7.38. The van der Waals surface area contributed by atoms with Crippen LogP contribution in [0.4, 0.5) is 14.5 Å². The van der Waals surface area contributed by atoms with Gasteiger partial charge in [0.05, 0.1) is 15.7 Å². The monoisotopic (exact) mass is 383 g/mol. The molecule has 1 aromatic rings. The van der Waals surface area contributed by atoms with Gasteiger partial charge in [-0.2, -0.15) is 5.53 Å². The van der Waals surface area contributed by atoms with Gasteiger partial charge in [0.25, 0.3) is 12.3 Å². The van der Waals surface area contributed by atoms with E-state index in [4.69, 9.17) is 33.0 Å². The summed E-state index contributed by atoms with van der Waals surface area (Å²) < 4.78 is 31.1. The van der Waals surface area contributed by atoms with Gasteiger partial charge in [0.1, 0.15) is 5.75 Å². The molecule has 2 atom stereocenters. The average molecular weight is 384 g/mol. The van der Waals surface area contributed by atoms with Gasteiger partial charge in [-0.05, 0) is 13.0 Å². The van der Waals surface area contributed by atoms with Crippen LogP contribution in [0.25, 0.3) is 0 Å². The molecule has 1 fully saturated rings. The van der Waals surface area contributed by atoms with Crippen molar-refractivity contribution in [2.24, 2.45) is 0 Å². The maximum Gasteiger partial charge on any atom is 0.344 e. The highest BCUT2D eigenvalue weighted by atomic mass is 35.5. The number of benzene rings is 1. The molecule has 0 spiro atoms. The van der Waals surface area contributed by atoms with Crippen molar-refractivity contribution in [1.29, 1.82) is 0 Å². The average Bonchev–Trinajstić information content (AvgIpc) is 2.76. The molecule has 2 N–H and O–H groups in total. The van der Waals surface area contributed by atoms with E-state index in [1.54, 1.807) is 0 Å². The number of carboxylic acids is 1. The first kappa shape index (κ1) is 18.7. The van der Waals surface area contributed by atoms with Crippen LogP contribution in [0.15, 0.2) is 12.1 Å². The van der Waals surface area contributed by atoms with Crippen molar-refractivity contribution in [3.8, 4) is 5.75 Å². The summed E-state index contributed by atoms with van der Waals surface area (Å²) >= 11 is 12.0. The van der Waals surface area contributed by atoms with Crippen LogP contribution in [0.2, 0.25) is 10.0 Å². The van der Waals surface area contributed by atoms with Gasteiger partial charge in [-0.1, -0.05) is 23.2 Å². The summed E-state index contributed by atoms with van der Waals surface area (Å²) in [5, 5.41) is 10.7. The van der Waals surface area contributed by atoms with Crippen LogP contribution in [0.3, 0.4) is 0 Å². The molecule has 0 radical (unpaired) electrons. The zero-order valence-electron chi connectivity index (χ0n) is 12.5. The van der Waals surface area contributed by atoms with Crippen molar-refractivity contribution < 1.29 is 28.2 Å².